The second-order valence-electron chi connectivity index (χ2n) is 3.89. The monoisotopic (exact) mass is 170 g/mol. The molecule has 2 heterocycles. The van der Waals surface area contributed by atoms with Crippen LogP contribution in [0.25, 0.3) is 0 Å². The molecule has 0 aliphatic carbocycles. The first-order valence-corrected chi connectivity index (χ1v) is 4.86. The van der Waals surface area contributed by atoms with Crippen LogP contribution in [0.2, 0.25) is 0 Å². The number of ether oxygens (including phenoxy) is 1. The smallest absolute Gasteiger partial charge is 0.0589 e. The van der Waals surface area contributed by atoms with E-state index in [0.29, 0.717) is 0 Å². The van der Waals surface area contributed by atoms with Crippen molar-refractivity contribution in [1.29, 1.82) is 0 Å². The maximum atomic E-state index is 5.07. The standard InChI is InChI=1S/C9H18N2O/c1-12-5-4-11-6-8-2-3-9(7-11)10-8/h8-10H,2-7H2,1H3. The largest absolute Gasteiger partial charge is 0.383 e. The summed E-state index contributed by atoms with van der Waals surface area (Å²) in [6.07, 6.45) is 2.74. The molecule has 0 aromatic rings. The minimum atomic E-state index is 0.764. The highest BCUT2D eigenvalue weighted by atomic mass is 16.5. The number of rotatable bonds is 3. The summed E-state index contributed by atoms with van der Waals surface area (Å²) in [5.41, 5.74) is 0. The summed E-state index contributed by atoms with van der Waals surface area (Å²) < 4.78 is 5.07. The van der Waals surface area contributed by atoms with Crippen molar-refractivity contribution < 1.29 is 4.74 Å². The number of likely N-dealkylation sites (tertiary alicyclic amines) is 1. The number of nitrogens with one attached hydrogen (secondary N) is 1. The van der Waals surface area contributed by atoms with Gasteiger partial charge >= 0.3 is 0 Å². The Kier molecular flexibility index (Phi) is 2.63. The van der Waals surface area contributed by atoms with Crippen molar-refractivity contribution in [2.24, 2.45) is 0 Å². The van der Waals surface area contributed by atoms with E-state index in [1.54, 1.807) is 7.11 Å². The molecule has 3 heteroatoms. The molecule has 2 aliphatic heterocycles. The maximum Gasteiger partial charge on any atom is 0.0589 e. The van der Waals surface area contributed by atoms with E-state index in [0.717, 1.165) is 25.2 Å². The molecule has 0 saturated carbocycles. The molecule has 0 radical (unpaired) electrons. The van der Waals surface area contributed by atoms with Crippen LogP contribution in [0.1, 0.15) is 12.8 Å². The Morgan fingerprint density at radius 2 is 2.00 bits per heavy atom. The van der Waals surface area contributed by atoms with E-state index in [4.69, 9.17) is 4.74 Å². The van der Waals surface area contributed by atoms with Gasteiger partial charge in [0.1, 0.15) is 0 Å². The van der Waals surface area contributed by atoms with Gasteiger partial charge in [-0.05, 0) is 12.8 Å². The number of hydrogen-bond acceptors (Lipinski definition) is 3. The Morgan fingerprint density at radius 1 is 1.33 bits per heavy atom. The van der Waals surface area contributed by atoms with Crippen molar-refractivity contribution in [2.45, 2.75) is 24.9 Å². The first-order chi connectivity index (χ1) is 5.88. The fourth-order valence-electron chi connectivity index (χ4n) is 2.29. The van der Waals surface area contributed by atoms with E-state index in [9.17, 15) is 0 Å². The van der Waals surface area contributed by atoms with Gasteiger partial charge in [0, 0.05) is 38.8 Å². The second-order valence-corrected chi connectivity index (χ2v) is 3.89. The predicted molar refractivity (Wildman–Crippen MR) is 48.3 cm³/mol. The minimum Gasteiger partial charge on any atom is -0.383 e. The van der Waals surface area contributed by atoms with Gasteiger partial charge < -0.3 is 10.1 Å². The highest BCUT2D eigenvalue weighted by Gasteiger charge is 2.31. The van der Waals surface area contributed by atoms with Gasteiger partial charge in [-0.1, -0.05) is 0 Å². The first kappa shape index (κ1) is 8.48. The molecule has 2 saturated heterocycles. The quantitative estimate of drug-likeness (QED) is 0.648. The molecule has 2 rings (SSSR count). The molecule has 70 valence electrons. The predicted octanol–water partition coefficient (Wildman–Crippen LogP) is 0.0690. The van der Waals surface area contributed by atoms with E-state index < -0.39 is 0 Å². The van der Waals surface area contributed by atoms with Gasteiger partial charge in [-0.15, -0.1) is 0 Å². The van der Waals surface area contributed by atoms with Crippen LogP contribution in [0.3, 0.4) is 0 Å². The third kappa shape index (κ3) is 1.79. The molecular formula is C9H18N2O. The average Bonchev–Trinajstić information content (AvgIpc) is 2.42. The molecule has 2 aliphatic rings. The normalized spacial score (nSPS) is 35.8. The Hall–Kier alpha value is -0.120. The average molecular weight is 170 g/mol. The summed E-state index contributed by atoms with van der Waals surface area (Å²) in [5.74, 6) is 0. The van der Waals surface area contributed by atoms with Crippen molar-refractivity contribution in [3.8, 4) is 0 Å². The molecule has 2 unspecified atom stereocenters. The molecular weight excluding hydrogens is 152 g/mol. The summed E-state index contributed by atoms with van der Waals surface area (Å²) >= 11 is 0. The molecule has 2 bridgehead atoms. The minimum absolute atomic E-state index is 0.764. The third-order valence-electron chi connectivity index (χ3n) is 2.90. The number of methoxy groups -OCH3 is 1. The highest BCUT2D eigenvalue weighted by Crippen LogP contribution is 2.19. The fraction of sp³-hybridized carbons (Fsp3) is 1.00. The lowest BCUT2D eigenvalue weighted by molar-refractivity contribution is 0.124. The van der Waals surface area contributed by atoms with Crippen LogP contribution in [0.15, 0.2) is 0 Å². The molecule has 2 atom stereocenters. The van der Waals surface area contributed by atoms with Gasteiger partial charge in [-0.2, -0.15) is 0 Å². The molecule has 0 aromatic carbocycles. The van der Waals surface area contributed by atoms with Gasteiger partial charge in [0.25, 0.3) is 0 Å². The lowest BCUT2D eigenvalue weighted by Gasteiger charge is -2.32. The number of piperazine rings is 1. The maximum absolute atomic E-state index is 5.07. The lowest BCUT2D eigenvalue weighted by Crippen LogP contribution is -2.51. The zero-order valence-corrected chi connectivity index (χ0v) is 7.75. The molecule has 3 nitrogen and oxygen atoms in total. The van der Waals surface area contributed by atoms with Crippen molar-refractivity contribution in [3.05, 3.63) is 0 Å². The molecule has 0 spiro atoms. The molecule has 12 heavy (non-hydrogen) atoms. The lowest BCUT2D eigenvalue weighted by atomic mass is 10.2. The van der Waals surface area contributed by atoms with Crippen LogP contribution >= 0.6 is 0 Å². The van der Waals surface area contributed by atoms with Gasteiger partial charge in [0.15, 0.2) is 0 Å². The number of nitrogens with zero attached hydrogens (tertiary/aromatic N) is 1. The molecule has 0 amide bonds. The summed E-state index contributed by atoms with van der Waals surface area (Å²) in [7, 11) is 1.77. The van der Waals surface area contributed by atoms with E-state index >= 15 is 0 Å². The second kappa shape index (κ2) is 3.73. The van der Waals surface area contributed by atoms with Crippen molar-refractivity contribution in [2.75, 3.05) is 33.4 Å². The van der Waals surface area contributed by atoms with E-state index in [2.05, 4.69) is 10.2 Å². The fourth-order valence-corrected chi connectivity index (χ4v) is 2.29. The van der Waals surface area contributed by atoms with Gasteiger partial charge in [0.05, 0.1) is 6.61 Å². The first-order valence-electron chi connectivity index (χ1n) is 4.86. The zero-order valence-electron chi connectivity index (χ0n) is 7.75. The SMILES string of the molecule is COCCN1CC2CCC(C1)N2. The molecule has 1 N–H and O–H groups in total. The third-order valence-corrected chi connectivity index (χ3v) is 2.90. The molecule has 2 fully saturated rings. The zero-order chi connectivity index (χ0) is 8.39. The van der Waals surface area contributed by atoms with Crippen LogP contribution in [0, 0.1) is 0 Å². The van der Waals surface area contributed by atoms with E-state index in [1.807, 2.05) is 0 Å². The highest BCUT2D eigenvalue weighted by molar-refractivity contribution is 4.92. The Balaban J connectivity index is 1.78. The summed E-state index contributed by atoms with van der Waals surface area (Å²) in [4.78, 5) is 2.52. The Labute approximate surface area is 74.1 Å². The van der Waals surface area contributed by atoms with Crippen LogP contribution in [-0.4, -0.2) is 50.3 Å². The Morgan fingerprint density at radius 3 is 2.58 bits per heavy atom. The summed E-state index contributed by atoms with van der Waals surface area (Å²) in [5, 5.41) is 3.61. The van der Waals surface area contributed by atoms with Crippen LogP contribution in [0.5, 0.6) is 0 Å². The van der Waals surface area contributed by atoms with Gasteiger partial charge in [-0.25, -0.2) is 0 Å². The van der Waals surface area contributed by atoms with E-state index in [1.165, 1.54) is 25.9 Å². The summed E-state index contributed by atoms with van der Waals surface area (Å²) in [6, 6.07) is 1.53. The Bertz CT molecular complexity index is 139. The van der Waals surface area contributed by atoms with Crippen LogP contribution in [0.4, 0.5) is 0 Å². The number of fused-ring (bicyclic) bond motifs is 2. The summed E-state index contributed by atoms with van der Waals surface area (Å²) in [6.45, 7) is 4.42. The van der Waals surface area contributed by atoms with Crippen LogP contribution in [-0.2, 0) is 4.74 Å². The van der Waals surface area contributed by atoms with Crippen LogP contribution < -0.4 is 5.32 Å². The van der Waals surface area contributed by atoms with Crippen molar-refractivity contribution in [1.82, 2.24) is 10.2 Å². The van der Waals surface area contributed by atoms with Gasteiger partial charge in [-0.3, -0.25) is 4.90 Å². The topological polar surface area (TPSA) is 24.5 Å². The van der Waals surface area contributed by atoms with Gasteiger partial charge in [0.2, 0.25) is 0 Å². The number of hydrogen-bond donors (Lipinski definition) is 1. The molecule has 0 aromatic heterocycles. The van der Waals surface area contributed by atoms with Crippen molar-refractivity contribution in [3.63, 3.8) is 0 Å². The van der Waals surface area contributed by atoms with E-state index in [-0.39, 0.29) is 0 Å². The van der Waals surface area contributed by atoms with Crippen molar-refractivity contribution >= 4 is 0 Å².